The quantitative estimate of drug-likeness (QED) is 0.564. The summed E-state index contributed by atoms with van der Waals surface area (Å²) in [4.78, 5) is 32.6. The van der Waals surface area contributed by atoms with Crippen molar-refractivity contribution in [2.45, 2.75) is 38.1 Å². The Bertz CT molecular complexity index is 1270. The summed E-state index contributed by atoms with van der Waals surface area (Å²) in [6.45, 7) is 2.40. The van der Waals surface area contributed by atoms with Gasteiger partial charge in [0, 0.05) is 30.0 Å². The van der Waals surface area contributed by atoms with Crippen LogP contribution in [0.4, 0.5) is 0 Å². The summed E-state index contributed by atoms with van der Waals surface area (Å²) >= 11 is 0. The lowest BCUT2D eigenvalue weighted by atomic mass is 9.98. The number of hydrogen-bond acceptors (Lipinski definition) is 5. The summed E-state index contributed by atoms with van der Waals surface area (Å²) in [7, 11) is 0. The van der Waals surface area contributed by atoms with Gasteiger partial charge in [0.05, 0.1) is 28.9 Å². The number of nitrogens with zero attached hydrogens (tertiary/aromatic N) is 4. The maximum atomic E-state index is 13.6. The molecule has 0 bridgehead atoms. The SMILES string of the molecule is Cc1nc(C2CC2)oc1C(=O)N1CCc2[nH]cnc2[C@@H]1c1ccc2ccccc2n1. The van der Waals surface area contributed by atoms with Crippen molar-refractivity contribution in [2.75, 3.05) is 6.54 Å². The van der Waals surface area contributed by atoms with E-state index in [1.807, 2.05) is 48.2 Å². The van der Waals surface area contributed by atoms with E-state index in [0.29, 0.717) is 36.2 Å². The third-order valence-corrected chi connectivity index (χ3v) is 6.02. The summed E-state index contributed by atoms with van der Waals surface area (Å²) in [6.07, 6.45) is 4.57. The minimum atomic E-state index is -0.369. The van der Waals surface area contributed by atoms with Gasteiger partial charge in [-0.1, -0.05) is 24.3 Å². The van der Waals surface area contributed by atoms with Gasteiger partial charge in [0.15, 0.2) is 5.89 Å². The van der Waals surface area contributed by atoms with E-state index in [1.54, 1.807) is 6.33 Å². The number of para-hydroxylation sites is 1. The van der Waals surface area contributed by atoms with Gasteiger partial charge >= 0.3 is 0 Å². The Morgan fingerprint density at radius 1 is 1.17 bits per heavy atom. The number of H-pyrrole nitrogens is 1. The zero-order valence-electron chi connectivity index (χ0n) is 16.6. The number of amides is 1. The Balaban J connectivity index is 1.44. The number of aromatic nitrogens is 4. The highest BCUT2D eigenvalue weighted by Crippen LogP contribution is 2.41. The van der Waals surface area contributed by atoms with E-state index >= 15 is 0 Å². The van der Waals surface area contributed by atoms with Crippen molar-refractivity contribution in [1.29, 1.82) is 0 Å². The smallest absolute Gasteiger partial charge is 0.292 e. The van der Waals surface area contributed by atoms with E-state index < -0.39 is 0 Å². The lowest BCUT2D eigenvalue weighted by Crippen LogP contribution is -2.41. The second kappa shape index (κ2) is 6.52. The van der Waals surface area contributed by atoms with Gasteiger partial charge in [-0.3, -0.25) is 9.78 Å². The molecule has 1 aliphatic heterocycles. The highest BCUT2D eigenvalue weighted by molar-refractivity contribution is 5.93. The van der Waals surface area contributed by atoms with Crippen LogP contribution in [0.5, 0.6) is 0 Å². The molecule has 30 heavy (non-hydrogen) atoms. The molecule has 4 aromatic rings. The molecule has 1 atom stereocenters. The minimum absolute atomic E-state index is 0.152. The molecule has 2 aliphatic rings. The number of nitrogens with one attached hydrogen (secondary N) is 1. The lowest BCUT2D eigenvalue weighted by Gasteiger charge is -2.34. The standard InChI is InChI=1S/C23H21N5O2/c1-13-21(30-22(26-13)15-6-7-15)23(29)28-11-10-17-19(25-12-24-17)20(28)18-9-8-14-4-2-3-5-16(14)27-18/h2-5,8-9,12,15,20H,6-7,10-11H2,1H3,(H,24,25)/t20-/m0/s1. The topological polar surface area (TPSA) is 87.9 Å². The molecule has 1 saturated carbocycles. The van der Waals surface area contributed by atoms with E-state index in [0.717, 1.165) is 40.8 Å². The van der Waals surface area contributed by atoms with Gasteiger partial charge in [-0.05, 0) is 31.9 Å². The number of imidazole rings is 1. The minimum Gasteiger partial charge on any atom is -0.435 e. The largest absolute Gasteiger partial charge is 0.435 e. The van der Waals surface area contributed by atoms with Crippen LogP contribution in [0.3, 0.4) is 0 Å². The summed E-state index contributed by atoms with van der Waals surface area (Å²) in [5.41, 5.74) is 4.25. The van der Waals surface area contributed by atoms with Gasteiger partial charge in [-0.15, -0.1) is 0 Å². The first-order valence-electron chi connectivity index (χ1n) is 10.3. The molecule has 1 amide bonds. The van der Waals surface area contributed by atoms with E-state index in [-0.39, 0.29) is 11.9 Å². The summed E-state index contributed by atoms with van der Waals surface area (Å²) in [5.74, 6) is 1.23. The first-order chi connectivity index (χ1) is 14.7. The fourth-order valence-corrected chi connectivity index (χ4v) is 4.28. The Labute approximate surface area is 173 Å². The molecule has 6 rings (SSSR count). The number of rotatable bonds is 3. The van der Waals surface area contributed by atoms with Crippen LogP contribution in [0, 0.1) is 6.92 Å². The van der Waals surface area contributed by atoms with Gasteiger partial charge in [0.25, 0.3) is 5.91 Å². The summed E-state index contributed by atoms with van der Waals surface area (Å²) in [5, 5.41) is 1.07. The van der Waals surface area contributed by atoms with Crippen molar-refractivity contribution in [3.8, 4) is 0 Å². The van der Waals surface area contributed by atoms with Gasteiger partial charge in [-0.25, -0.2) is 9.97 Å². The summed E-state index contributed by atoms with van der Waals surface area (Å²) < 4.78 is 5.93. The number of pyridine rings is 1. The number of hydrogen-bond donors (Lipinski definition) is 1. The fourth-order valence-electron chi connectivity index (χ4n) is 4.28. The molecular weight excluding hydrogens is 378 g/mol. The molecular formula is C23H21N5O2. The second-order valence-corrected chi connectivity index (χ2v) is 8.09. The predicted molar refractivity (Wildman–Crippen MR) is 110 cm³/mol. The van der Waals surface area contributed by atoms with Crippen LogP contribution in [-0.4, -0.2) is 37.3 Å². The Morgan fingerprint density at radius 3 is 2.90 bits per heavy atom. The molecule has 1 N–H and O–H groups in total. The van der Waals surface area contributed by atoms with Crippen molar-refractivity contribution in [3.05, 3.63) is 77.2 Å². The number of benzene rings is 1. The molecule has 1 aliphatic carbocycles. The third-order valence-electron chi connectivity index (χ3n) is 6.02. The molecule has 0 radical (unpaired) electrons. The number of oxazole rings is 1. The Morgan fingerprint density at radius 2 is 2.03 bits per heavy atom. The number of carbonyl (C=O) groups excluding carboxylic acids is 1. The number of fused-ring (bicyclic) bond motifs is 2. The average Bonchev–Trinajstić information content (AvgIpc) is 3.38. The van der Waals surface area contributed by atoms with Crippen molar-refractivity contribution in [1.82, 2.24) is 24.8 Å². The third kappa shape index (κ3) is 2.73. The van der Waals surface area contributed by atoms with Crippen LogP contribution in [0.1, 0.15) is 64.0 Å². The molecule has 0 unspecified atom stereocenters. The first kappa shape index (κ1) is 17.4. The zero-order valence-corrected chi connectivity index (χ0v) is 16.6. The molecule has 7 heteroatoms. The zero-order chi connectivity index (χ0) is 20.2. The molecule has 0 saturated heterocycles. The predicted octanol–water partition coefficient (Wildman–Crippen LogP) is 3.92. The van der Waals surface area contributed by atoms with Crippen LogP contribution in [0.15, 0.2) is 47.1 Å². The second-order valence-electron chi connectivity index (χ2n) is 8.09. The van der Waals surface area contributed by atoms with Crippen LogP contribution in [0.25, 0.3) is 10.9 Å². The Kier molecular flexibility index (Phi) is 3.78. The van der Waals surface area contributed by atoms with Gasteiger partial charge in [0.2, 0.25) is 5.76 Å². The van der Waals surface area contributed by atoms with Gasteiger partial charge in [0.1, 0.15) is 6.04 Å². The molecule has 1 fully saturated rings. The first-order valence-corrected chi connectivity index (χ1v) is 10.3. The van der Waals surface area contributed by atoms with E-state index in [1.165, 1.54) is 0 Å². The maximum absolute atomic E-state index is 13.6. The van der Waals surface area contributed by atoms with Crippen LogP contribution >= 0.6 is 0 Å². The normalized spacial score (nSPS) is 18.6. The maximum Gasteiger partial charge on any atom is 0.292 e. The summed E-state index contributed by atoms with van der Waals surface area (Å²) in [6, 6.07) is 11.7. The highest BCUT2D eigenvalue weighted by Gasteiger charge is 2.38. The fraction of sp³-hybridized carbons (Fsp3) is 0.304. The number of aryl methyl sites for hydroxylation is 1. The van der Waals surface area contributed by atoms with Crippen molar-refractivity contribution in [2.24, 2.45) is 0 Å². The molecule has 3 aromatic heterocycles. The molecule has 150 valence electrons. The van der Waals surface area contributed by atoms with E-state index in [9.17, 15) is 4.79 Å². The van der Waals surface area contributed by atoms with Crippen molar-refractivity contribution < 1.29 is 9.21 Å². The lowest BCUT2D eigenvalue weighted by molar-refractivity contribution is 0.0652. The number of aromatic amines is 1. The number of carbonyl (C=O) groups is 1. The van der Waals surface area contributed by atoms with Crippen LogP contribution < -0.4 is 0 Å². The average molecular weight is 399 g/mol. The molecule has 7 nitrogen and oxygen atoms in total. The van der Waals surface area contributed by atoms with Gasteiger partial charge < -0.3 is 14.3 Å². The van der Waals surface area contributed by atoms with E-state index in [4.69, 9.17) is 9.40 Å². The van der Waals surface area contributed by atoms with Crippen molar-refractivity contribution >= 4 is 16.8 Å². The van der Waals surface area contributed by atoms with Crippen LogP contribution in [-0.2, 0) is 6.42 Å². The monoisotopic (exact) mass is 399 g/mol. The molecule has 0 spiro atoms. The van der Waals surface area contributed by atoms with E-state index in [2.05, 4.69) is 15.0 Å². The van der Waals surface area contributed by atoms with Crippen LogP contribution in [0.2, 0.25) is 0 Å². The highest BCUT2D eigenvalue weighted by atomic mass is 16.4. The van der Waals surface area contributed by atoms with Crippen molar-refractivity contribution in [3.63, 3.8) is 0 Å². The Hall–Kier alpha value is -3.48. The molecule has 1 aromatic carbocycles. The van der Waals surface area contributed by atoms with Gasteiger partial charge in [-0.2, -0.15) is 0 Å². The molecule has 4 heterocycles.